The molecule has 0 aliphatic heterocycles. The second-order valence-corrected chi connectivity index (χ2v) is 6.35. The number of nitrogen functional groups attached to an aromatic ring is 1. The van der Waals surface area contributed by atoms with Crippen molar-refractivity contribution >= 4 is 55.8 Å². The molecule has 2 aromatic carbocycles. The Kier molecular flexibility index (Phi) is 5.04. The van der Waals surface area contributed by atoms with Gasteiger partial charge in [0.05, 0.1) is 5.56 Å². The van der Waals surface area contributed by atoms with Crippen LogP contribution in [0, 0.1) is 3.57 Å². The maximum Gasteiger partial charge on any atom is 0.259 e. The van der Waals surface area contributed by atoms with E-state index in [9.17, 15) is 4.79 Å². The summed E-state index contributed by atoms with van der Waals surface area (Å²) in [5.41, 5.74) is 7.95. The third-order valence-electron chi connectivity index (χ3n) is 2.90. The van der Waals surface area contributed by atoms with Crippen LogP contribution in [0.25, 0.3) is 0 Å². The van der Waals surface area contributed by atoms with Gasteiger partial charge in [0, 0.05) is 26.0 Å². The number of nitrogens with two attached hydrogens (primary N) is 1. The predicted octanol–water partition coefficient (Wildman–Crippen LogP) is 4.30. The summed E-state index contributed by atoms with van der Waals surface area (Å²) in [4.78, 5) is 14.4. The minimum Gasteiger partial charge on any atom is -0.399 e. The van der Waals surface area contributed by atoms with E-state index in [2.05, 4.69) is 38.5 Å². The van der Waals surface area contributed by atoms with Crippen LogP contribution in [0.1, 0.15) is 17.3 Å². The molecule has 104 valence electrons. The molecule has 5 heteroatoms. The molecule has 0 heterocycles. The monoisotopic (exact) mass is 444 g/mol. The van der Waals surface area contributed by atoms with E-state index in [0.717, 1.165) is 13.7 Å². The number of carbonyl (C=O) groups excluding carboxylic acids is 1. The van der Waals surface area contributed by atoms with Crippen molar-refractivity contribution in [2.75, 3.05) is 17.2 Å². The summed E-state index contributed by atoms with van der Waals surface area (Å²) in [6.45, 7) is 2.54. The fraction of sp³-hybridized carbons (Fsp3) is 0.133. The van der Waals surface area contributed by atoms with Crippen LogP contribution in [-0.2, 0) is 0 Å². The Morgan fingerprint density at radius 2 is 2.05 bits per heavy atom. The van der Waals surface area contributed by atoms with Gasteiger partial charge in [-0.05, 0) is 65.9 Å². The van der Waals surface area contributed by atoms with Crippen LogP contribution < -0.4 is 10.6 Å². The van der Waals surface area contributed by atoms with Crippen LogP contribution in [-0.4, -0.2) is 12.5 Å². The molecule has 0 aliphatic rings. The number of benzene rings is 2. The van der Waals surface area contributed by atoms with Crippen molar-refractivity contribution in [1.29, 1.82) is 0 Å². The molecular weight excluding hydrogens is 431 g/mol. The summed E-state index contributed by atoms with van der Waals surface area (Å²) >= 11 is 5.58. The van der Waals surface area contributed by atoms with Gasteiger partial charge in [-0.25, -0.2) is 0 Å². The highest BCUT2D eigenvalue weighted by atomic mass is 127. The Morgan fingerprint density at radius 3 is 2.70 bits per heavy atom. The molecule has 2 rings (SSSR count). The summed E-state index contributed by atoms with van der Waals surface area (Å²) in [6.07, 6.45) is 0. The summed E-state index contributed by atoms with van der Waals surface area (Å²) in [7, 11) is 0. The van der Waals surface area contributed by atoms with Crippen molar-refractivity contribution in [3.63, 3.8) is 0 Å². The first-order valence-electron chi connectivity index (χ1n) is 6.15. The lowest BCUT2D eigenvalue weighted by Crippen LogP contribution is -2.31. The van der Waals surface area contributed by atoms with Gasteiger partial charge in [0.2, 0.25) is 0 Å². The zero-order valence-electron chi connectivity index (χ0n) is 10.9. The molecule has 0 fully saturated rings. The standard InChI is InChI=1S/C15H14BrIN2O/c1-2-19(12-5-3-4-11(18)9-12)15(20)13-8-10(16)6-7-14(13)17/h3-9H,2,18H2,1H3. The van der Waals surface area contributed by atoms with E-state index in [4.69, 9.17) is 5.73 Å². The largest absolute Gasteiger partial charge is 0.399 e. The zero-order chi connectivity index (χ0) is 14.7. The first kappa shape index (κ1) is 15.3. The highest BCUT2D eigenvalue weighted by molar-refractivity contribution is 14.1. The molecule has 0 bridgehead atoms. The van der Waals surface area contributed by atoms with Gasteiger partial charge in [0.15, 0.2) is 0 Å². The molecule has 0 spiro atoms. The molecule has 0 atom stereocenters. The first-order chi connectivity index (χ1) is 9.52. The number of rotatable bonds is 3. The SMILES string of the molecule is CCN(C(=O)c1cc(Br)ccc1I)c1cccc(N)c1. The van der Waals surface area contributed by atoms with Gasteiger partial charge < -0.3 is 10.6 Å². The molecule has 0 saturated heterocycles. The van der Waals surface area contributed by atoms with Crippen LogP contribution in [0.5, 0.6) is 0 Å². The summed E-state index contributed by atoms with van der Waals surface area (Å²) in [5, 5.41) is 0. The minimum atomic E-state index is -0.0243. The van der Waals surface area contributed by atoms with Gasteiger partial charge in [-0.1, -0.05) is 22.0 Å². The van der Waals surface area contributed by atoms with E-state index < -0.39 is 0 Å². The second kappa shape index (κ2) is 6.58. The minimum absolute atomic E-state index is 0.0243. The lowest BCUT2D eigenvalue weighted by molar-refractivity contribution is 0.0987. The number of carbonyl (C=O) groups is 1. The van der Waals surface area contributed by atoms with Crippen molar-refractivity contribution < 1.29 is 4.79 Å². The molecule has 2 N–H and O–H groups in total. The van der Waals surface area contributed by atoms with Crippen LogP contribution in [0.15, 0.2) is 46.9 Å². The highest BCUT2D eigenvalue weighted by Gasteiger charge is 2.18. The Hall–Kier alpha value is -1.08. The Balaban J connectivity index is 2.41. The predicted molar refractivity (Wildman–Crippen MR) is 95.1 cm³/mol. The normalized spacial score (nSPS) is 10.3. The number of hydrogen-bond donors (Lipinski definition) is 1. The average molecular weight is 445 g/mol. The smallest absolute Gasteiger partial charge is 0.259 e. The van der Waals surface area contributed by atoms with Crippen LogP contribution in [0.3, 0.4) is 0 Å². The van der Waals surface area contributed by atoms with Crippen molar-refractivity contribution in [3.8, 4) is 0 Å². The molecule has 0 radical (unpaired) electrons. The molecular formula is C15H14BrIN2O. The van der Waals surface area contributed by atoms with Crippen LogP contribution >= 0.6 is 38.5 Å². The van der Waals surface area contributed by atoms with Gasteiger partial charge in [0.25, 0.3) is 5.91 Å². The number of amides is 1. The van der Waals surface area contributed by atoms with Crippen LogP contribution in [0.4, 0.5) is 11.4 Å². The average Bonchev–Trinajstić information content (AvgIpc) is 2.42. The van der Waals surface area contributed by atoms with Gasteiger partial charge >= 0.3 is 0 Å². The van der Waals surface area contributed by atoms with Gasteiger partial charge in [-0.15, -0.1) is 0 Å². The van der Waals surface area contributed by atoms with Crippen molar-refractivity contribution in [3.05, 3.63) is 56.1 Å². The van der Waals surface area contributed by atoms with E-state index in [1.807, 2.05) is 49.4 Å². The fourth-order valence-electron chi connectivity index (χ4n) is 1.94. The number of hydrogen-bond acceptors (Lipinski definition) is 2. The molecule has 3 nitrogen and oxygen atoms in total. The fourth-order valence-corrected chi connectivity index (χ4v) is 2.87. The van der Waals surface area contributed by atoms with Crippen molar-refractivity contribution in [2.24, 2.45) is 0 Å². The molecule has 0 saturated carbocycles. The van der Waals surface area contributed by atoms with E-state index in [1.54, 1.807) is 4.90 Å². The Labute approximate surface area is 140 Å². The van der Waals surface area contributed by atoms with E-state index in [-0.39, 0.29) is 5.91 Å². The second-order valence-electron chi connectivity index (χ2n) is 4.27. The molecule has 20 heavy (non-hydrogen) atoms. The summed E-state index contributed by atoms with van der Waals surface area (Å²) in [5.74, 6) is -0.0243. The zero-order valence-corrected chi connectivity index (χ0v) is 14.7. The third kappa shape index (κ3) is 3.32. The van der Waals surface area contributed by atoms with Crippen molar-refractivity contribution in [2.45, 2.75) is 6.92 Å². The van der Waals surface area contributed by atoms with Gasteiger partial charge in [-0.3, -0.25) is 4.79 Å². The number of nitrogens with zero attached hydrogens (tertiary/aromatic N) is 1. The Morgan fingerprint density at radius 1 is 1.30 bits per heavy atom. The maximum atomic E-state index is 12.7. The van der Waals surface area contributed by atoms with Crippen molar-refractivity contribution in [1.82, 2.24) is 0 Å². The lowest BCUT2D eigenvalue weighted by Gasteiger charge is -2.22. The summed E-state index contributed by atoms with van der Waals surface area (Å²) in [6, 6.07) is 13.1. The van der Waals surface area contributed by atoms with E-state index in [1.165, 1.54) is 0 Å². The maximum absolute atomic E-state index is 12.7. The Bertz CT molecular complexity index is 646. The molecule has 2 aromatic rings. The quantitative estimate of drug-likeness (QED) is 0.566. The van der Waals surface area contributed by atoms with Crippen LogP contribution in [0.2, 0.25) is 0 Å². The number of anilines is 2. The highest BCUT2D eigenvalue weighted by Crippen LogP contribution is 2.24. The van der Waals surface area contributed by atoms with E-state index >= 15 is 0 Å². The van der Waals surface area contributed by atoms with Gasteiger partial charge in [-0.2, -0.15) is 0 Å². The first-order valence-corrected chi connectivity index (χ1v) is 8.02. The topological polar surface area (TPSA) is 46.3 Å². The molecule has 0 unspecified atom stereocenters. The molecule has 0 aliphatic carbocycles. The molecule has 0 aromatic heterocycles. The molecule has 1 amide bonds. The van der Waals surface area contributed by atoms with E-state index in [0.29, 0.717) is 17.8 Å². The summed E-state index contributed by atoms with van der Waals surface area (Å²) < 4.78 is 1.82. The lowest BCUT2D eigenvalue weighted by atomic mass is 10.1. The third-order valence-corrected chi connectivity index (χ3v) is 4.34. The van der Waals surface area contributed by atoms with Gasteiger partial charge in [0.1, 0.15) is 0 Å². The number of halogens is 2.